The average molecular weight is 567 g/mol. The van der Waals surface area contributed by atoms with E-state index in [-0.39, 0.29) is 23.5 Å². The molecule has 2 heterocycles. The van der Waals surface area contributed by atoms with Gasteiger partial charge in [-0.05, 0) is 54.5 Å². The van der Waals surface area contributed by atoms with Gasteiger partial charge in [-0.2, -0.15) is 13.2 Å². The number of nitrogen functional groups attached to an aromatic ring is 1. The second-order valence-electron chi connectivity index (χ2n) is 10.6. The Bertz CT molecular complexity index is 1360. The number of halogens is 3. The third-order valence-corrected chi connectivity index (χ3v) is 8.04. The van der Waals surface area contributed by atoms with Crippen LogP contribution in [0.4, 0.5) is 19.0 Å². The van der Waals surface area contributed by atoms with Crippen molar-refractivity contribution in [3.63, 3.8) is 0 Å². The zero-order valence-corrected chi connectivity index (χ0v) is 22.6. The molecule has 1 aliphatic carbocycles. The minimum atomic E-state index is -4.50. The second kappa shape index (κ2) is 11.9. The van der Waals surface area contributed by atoms with E-state index in [1.165, 1.54) is 12.4 Å². The van der Waals surface area contributed by atoms with Crippen molar-refractivity contribution >= 4 is 17.6 Å². The molecule has 3 aromatic rings. The Balaban J connectivity index is 1.21. The topological polar surface area (TPSA) is 113 Å². The molecular formula is C30H33F3N6O2. The van der Waals surface area contributed by atoms with E-state index in [4.69, 9.17) is 5.73 Å². The molecule has 216 valence electrons. The first-order chi connectivity index (χ1) is 19.7. The lowest BCUT2D eigenvalue weighted by molar-refractivity contribution is -0.141. The molecule has 4 N–H and O–H groups in total. The van der Waals surface area contributed by atoms with Gasteiger partial charge in [0.25, 0.3) is 5.91 Å². The summed E-state index contributed by atoms with van der Waals surface area (Å²) in [5, 5.41) is 5.18. The van der Waals surface area contributed by atoms with Crippen molar-refractivity contribution in [2.45, 2.75) is 49.7 Å². The predicted octanol–water partition coefficient (Wildman–Crippen LogP) is 4.07. The second-order valence-corrected chi connectivity index (χ2v) is 10.6. The highest BCUT2D eigenvalue weighted by Crippen LogP contribution is 2.51. The van der Waals surface area contributed by atoms with Crippen molar-refractivity contribution in [2.75, 3.05) is 31.9 Å². The number of benzene rings is 2. The molecule has 2 aromatic carbocycles. The molecule has 0 spiro atoms. The van der Waals surface area contributed by atoms with Crippen LogP contribution in [0.3, 0.4) is 0 Å². The van der Waals surface area contributed by atoms with Gasteiger partial charge >= 0.3 is 6.18 Å². The summed E-state index contributed by atoms with van der Waals surface area (Å²) in [4.78, 5) is 36.4. The van der Waals surface area contributed by atoms with Crippen molar-refractivity contribution in [3.05, 3.63) is 77.7 Å². The summed E-state index contributed by atoms with van der Waals surface area (Å²) in [6.07, 6.45) is 1.76. The molecule has 1 aliphatic heterocycles. The fraction of sp³-hybridized carbons (Fsp3) is 0.400. The Hall–Kier alpha value is -3.99. The van der Waals surface area contributed by atoms with E-state index in [1.54, 1.807) is 0 Å². The minimum Gasteiger partial charge on any atom is -0.382 e. The largest absolute Gasteiger partial charge is 0.405 e. The van der Waals surface area contributed by atoms with E-state index in [2.05, 4.69) is 25.5 Å². The molecule has 0 unspecified atom stereocenters. The van der Waals surface area contributed by atoms with Crippen LogP contribution in [0.5, 0.6) is 0 Å². The van der Waals surface area contributed by atoms with Crippen molar-refractivity contribution < 1.29 is 22.8 Å². The highest BCUT2D eigenvalue weighted by Gasteiger charge is 2.49. The number of nitrogens with two attached hydrogens (primary N) is 1. The van der Waals surface area contributed by atoms with Gasteiger partial charge in [-0.25, -0.2) is 9.97 Å². The standard InChI is InChI=1S/C30H33F3N6O2/c31-30(32,33)19-37-28(41)29(23-9-3-1-7-21(23)22-8-2-4-10-24(22)29)13-5-6-16-39-17-11-20(12-18-39)38-27(40)25-26(34)36-15-14-35-25/h1-4,7-10,14-15,20H,5-6,11-13,16-19H2,(H2,34,36)(H,37,41)(H,38,40). The number of anilines is 1. The van der Waals surface area contributed by atoms with Gasteiger partial charge in [0.05, 0.1) is 0 Å². The Morgan fingerprint density at radius 3 is 2.17 bits per heavy atom. The van der Waals surface area contributed by atoms with Crippen LogP contribution in [-0.4, -0.2) is 65.1 Å². The number of likely N-dealkylation sites (tertiary alicyclic amines) is 1. The number of piperidine rings is 1. The van der Waals surface area contributed by atoms with Crippen LogP contribution in [0, 0.1) is 0 Å². The summed E-state index contributed by atoms with van der Waals surface area (Å²) < 4.78 is 39.2. The lowest BCUT2D eigenvalue weighted by Crippen LogP contribution is -2.47. The molecule has 0 saturated carbocycles. The van der Waals surface area contributed by atoms with Crippen LogP contribution < -0.4 is 16.4 Å². The number of nitrogens with one attached hydrogen (secondary N) is 2. The third-order valence-electron chi connectivity index (χ3n) is 8.04. The molecule has 0 bridgehead atoms. The number of carbonyl (C=O) groups excluding carboxylic acids is 2. The molecule has 0 atom stereocenters. The van der Waals surface area contributed by atoms with E-state index in [0.29, 0.717) is 12.8 Å². The smallest absolute Gasteiger partial charge is 0.382 e. The summed E-state index contributed by atoms with van der Waals surface area (Å²) in [6.45, 7) is 1.02. The zero-order chi connectivity index (χ0) is 29.0. The average Bonchev–Trinajstić information content (AvgIpc) is 3.25. The van der Waals surface area contributed by atoms with Crippen LogP contribution >= 0.6 is 0 Å². The molecule has 11 heteroatoms. The number of aromatic nitrogens is 2. The van der Waals surface area contributed by atoms with Crippen LogP contribution in [0.15, 0.2) is 60.9 Å². The highest BCUT2D eigenvalue weighted by molar-refractivity contribution is 6.00. The summed E-state index contributed by atoms with van der Waals surface area (Å²) in [7, 11) is 0. The van der Waals surface area contributed by atoms with Gasteiger partial charge in [-0.3, -0.25) is 9.59 Å². The molecule has 1 saturated heterocycles. The van der Waals surface area contributed by atoms with Gasteiger partial charge in [0.15, 0.2) is 11.5 Å². The van der Waals surface area contributed by atoms with Gasteiger partial charge in [-0.15, -0.1) is 0 Å². The van der Waals surface area contributed by atoms with Gasteiger partial charge in [0.1, 0.15) is 12.0 Å². The Morgan fingerprint density at radius 1 is 0.951 bits per heavy atom. The van der Waals surface area contributed by atoms with E-state index in [9.17, 15) is 22.8 Å². The Kier molecular flexibility index (Phi) is 8.25. The number of fused-ring (bicyclic) bond motifs is 3. The van der Waals surface area contributed by atoms with Crippen LogP contribution in [0.1, 0.15) is 53.7 Å². The Morgan fingerprint density at radius 2 is 1.56 bits per heavy atom. The number of hydrogen-bond acceptors (Lipinski definition) is 6. The molecule has 2 aliphatic rings. The SMILES string of the molecule is Nc1nccnc1C(=O)NC1CCN(CCCCC2(C(=O)NCC(F)(F)F)c3ccccc3-c3ccccc32)CC1. The molecule has 0 radical (unpaired) electrons. The quantitative estimate of drug-likeness (QED) is 0.337. The fourth-order valence-corrected chi connectivity index (χ4v) is 6.09. The van der Waals surface area contributed by atoms with Crippen molar-refractivity contribution in [2.24, 2.45) is 0 Å². The molecule has 2 amide bonds. The molecule has 41 heavy (non-hydrogen) atoms. The van der Waals surface area contributed by atoms with Crippen molar-refractivity contribution in [1.29, 1.82) is 0 Å². The first-order valence-electron chi connectivity index (χ1n) is 13.8. The lowest BCUT2D eigenvalue weighted by Gasteiger charge is -2.33. The number of rotatable bonds is 9. The number of hydrogen-bond donors (Lipinski definition) is 3. The predicted molar refractivity (Wildman–Crippen MR) is 149 cm³/mol. The Labute approximate surface area is 236 Å². The summed E-state index contributed by atoms with van der Waals surface area (Å²) >= 11 is 0. The van der Waals surface area contributed by atoms with Crippen molar-refractivity contribution in [3.8, 4) is 11.1 Å². The van der Waals surface area contributed by atoms with E-state index in [0.717, 1.165) is 61.2 Å². The normalized spacial score (nSPS) is 16.6. The van der Waals surface area contributed by atoms with E-state index < -0.39 is 24.0 Å². The third kappa shape index (κ3) is 6.04. The molecule has 8 nitrogen and oxygen atoms in total. The number of carbonyl (C=O) groups is 2. The number of alkyl halides is 3. The maximum atomic E-state index is 13.6. The van der Waals surface area contributed by atoms with Gasteiger partial charge in [0, 0.05) is 31.5 Å². The highest BCUT2D eigenvalue weighted by atomic mass is 19.4. The zero-order valence-electron chi connectivity index (χ0n) is 22.6. The molecule has 1 fully saturated rings. The molecular weight excluding hydrogens is 533 g/mol. The fourth-order valence-electron chi connectivity index (χ4n) is 6.09. The van der Waals surface area contributed by atoms with Crippen LogP contribution in [0.2, 0.25) is 0 Å². The number of amides is 2. The summed E-state index contributed by atoms with van der Waals surface area (Å²) in [6, 6.07) is 15.0. The van der Waals surface area contributed by atoms with E-state index in [1.807, 2.05) is 48.5 Å². The maximum absolute atomic E-state index is 13.6. The van der Waals surface area contributed by atoms with Gasteiger partial charge < -0.3 is 21.3 Å². The summed E-state index contributed by atoms with van der Waals surface area (Å²) in [5.41, 5.74) is 7.98. The van der Waals surface area contributed by atoms with Gasteiger partial charge in [-0.1, -0.05) is 55.0 Å². The summed E-state index contributed by atoms with van der Waals surface area (Å²) in [5.74, 6) is -0.854. The number of unbranched alkanes of at least 4 members (excludes halogenated alkanes) is 1. The molecule has 5 rings (SSSR count). The molecule has 1 aromatic heterocycles. The van der Waals surface area contributed by atoms with Crippen molar-refractivity contribution in [1.82, 2.24) is 25.5 Å². The maximum Gasteiger partial charge on any atom is 0.405 e. The van der Waals surface area contributed by atoms with Gasteiger partial charge in [0.2, 0.25) is 5.91 Å². The van der Waals surface area contributed by atoms with Crippen LogP contribution in [0.25, 0.3) is 11.1 Å². The number of nitrogens with zero attached hydrogens (tertiary/aromatic N) is 3. The monoisotopic (exact) mass is 566 g/mol. The van der Waals surface area contributed by atoms with Crippen LogP contribution in [-0.2, 0) is 10.2 Å². The minimum absolute atomic E-state index is 0.00671. The first-order valence-corrected chi connectivity index (χ1v) is 13.8. The first kappa shape index (κ1) is 28.5. The lowest BCUT2D eigenvalue weighted by atomic mass is 9.73. The van der Waals surface area contributed by atoms with E-state index >= 15 is 0 Å².